The van der Waals surface area contributed by atoms with E-state index in [1.54, 1.807) is 7.05 Å². The Balaban J connectivity index is 2.29. The van der Waals surface area contributed by atoms with E-state index in [9.17, 15) is 13.2 Å². The van der Waals surface area contributed by atoms with Gasteiger partial charge in [-0.25, -0.2) is 0 Å². The Morgan fingerprint density at radius 2 is 2.20 bits per heavy atom. The maximum atomic E-state index is 11.7. The van der Waals surface area contributed by atoms with Crippen LogP contribution in [-0.2, 0) is 18.2 Å². The van der Waals surface area contributed by atoms with Gasteiger partial charge in [-0.3, -0.25) is 0 Å². The van der Waals surface area contributed by atoms with E-state index in [4.69, 9.17) is 5.11 Å². The molecule has 15 heavy (non-hydrogen) atoms. The van der Waals surface area contributed by atoms with Gasteiger partial charge in [0.05, 0.1) is 12.8 Å². The predicted octanol–water partition coefficient (Wildman–Crippen LogP) is 1.25. The monoisotopic (exact) mass is 224 g/mol. The summed E-state index contributed by atoms with van der Waals surface area (Å²) < 4.78 is 41.0. The van der Waals surface area contributed by atoms with Crippen molar-refractivity contribution in [1.29, 1.82) is 0 Å². The van der Waals surface area contributed by atoms with Crippen LogP contribution < -0.4 is 0 Å². The van der Waals surface area contributed by atoms with Gasteiger partial charge >= 0.3 is 6.18 Å². The summed E-state index contributed by atoms with van der Waals surface area (Å²) in [6.45, 7) is -1.34. The number of aromatic hydroxyl groups is 1. The number of halogens is 3. The van der Waals surface area contributed by atoms with Gasteiger partial charge in [0.2, 0.25) is 5.88 Å². The van der Waals surface area contributed by atoms with Crippen molar-refractivity contribution in [2.75, 3.05) is 13.2 Å². The molecule has 7 heteroatoms. The number of rotatable bonds is 4. The highest BCUT2D eigenvalue weighted by Crippen LogP contribution is 2.14. The number of alkyl halides is 3. The van der Waals surface area contributed by atoms with Crippen molar-refractivity contribution >= 4 is 0 Å². The molecule has 0 radical (unpaired) electrons. The zero-order chi connectivity index (χ0) is 11.5. The summed E-state index contributed by atoms with van der Waals surface area (Å²) >= 11 is 0. The van der Waals surface area contributed by atoms with E-state index >= 15 is 0 Å². The van der Waals surface area contributed by atoms with Crippen molar-refractivity contribution in [2.45, 2.75) is 12.6 Å². The van der Waals surface area contributed by atoms with Crippen molar-refractivity contribution < 1.29 is 23.0 Å². The Morgan fingerprint density at radius 1 is 1.53 bits per heavy atom. The third kappa shape index (κ3) is 4.20. The normalized spacial score (nSPS) is 12.0. The van der Waals surface area contributed by atoms with Gasteiger partial charge in [0.1, 0.15) is 12.4 Å². The minimum atomic E-state index is -4.30. The van der Waals surface area contributed by atoms with Gasteiger partial charge in [-0.15, -0.1) is 0 Å². The third-order valence-electron chi connectivity index (χ3n) is 1.70. The minimum absolute atomic E-state index is 0.0796. The lowest BCUT2D eigenvalue weighted by atomic mass is 10.4. The van der Waals surface area contributed by atoms with Crippen molar-refractivity contribution in [3.63, 3.8) is 0 Å². The van der Waals surface area contributed by atoms with Crippen molar-refractivity contribution in [3.05, 3.63) is 12.0 Å². The van der Waals surface area contributed by atoms with E-state index in [0.29, 0.717) is 5.82 Å². The summed E-state index contributed by atoms with van der Waals surface area (Å²) in [5, 5.41) is 8.97. The summed E-state index contributed by atoms with van der Waals surface area (Å²) in [4.78, 5) is 3.70. The zero-order valence-electron chi connectivity index (χ0n) is 8.08. The van der Waals surface area contributed by atoms with Crippen LogP contribution in [0.4, 0.5) is 13.2 Å². The molecule has 1 rings (SSSR count). The molecule has 0 bridgehead atoms. The molecule has 0 amide bonds. The topological polar surface area (TPSA) is 47.3 Å². The summed E-state index contributed by atoms with van der Waals surface area (Å²) in [6, 6.07) is 0. The van der Waals surface area contributed by atoms with Gasteiger partial charge in [-0.1, -0.05) is 0 Å². The van der Waals surface area contributed by atoms with Crippen LogP contribution in [0.25, 0.3) is 0 Å². The first-order chi connectivity index (χ1) is 6.88. The fourth-order valence-corrected chi connectivity index (χ4v) is 1.07. The molecule has 0 aliphatic heterocycles. The molecular weight excluding hydrogens is 213 g/mol. The second kappa shape index (κ2) is 4.52. The Bertz CT molecular complexity index is 322. The number of aryl methyl sites for hydroxylation is 1. The lowest BCUT2D eigenvalue weighted by molar-refractivity contribution is -0.173. The average Bonchev–Trinajstić information content (AvgIpc) is 2.37. The summed E-state index contributed by atoms with van der Waals surface area (Å²) in [5.74, 6) is 0.331. The number of hydrogen-bond acceptors (Lipinski definition) is 3. The first kappa shape index (κ1) is 11.8. The van der Waals surface area contributed by atoms with E-state index in [2.05, 4.69) is 9.72 Å². The molecule has 0 atom stereocenters. The smallest absolute Gasteiger partial charge is 0.411 e. The first-order valence-electron chi connectivity index (χ1n) is 4.24. The van der Waals surface area contributed by atoms with Gasteiger partial charge in [-0.05, 0) is 0 Å². The number of hydrogen-bond donors (Lipinski definition) is 1. The Kier molecular flexibility index (Phi) is 3.57. The Hall–Kier alpha value is -1.24. The predicted molar refractivity (Wildman–Crippen MR) is 45.5 cm³/mol. The molecule has 0 aliphatic carbocycles. The summed E-state index contributed by atoms with van der Waals surface area (Å²) in [6.07, 6.45) is -2.70. The molecule has 0 spiro atoms. The molecule has 1 aromatic rings. The fraction of sp³-hybridized carbons (Fsp3) is 0.625. The van der Waals surface area contributed by atoms with Gasteiger partial charge < -0.3 is 14.4 Å². The van der Waals surface area contributed by atoms with Crippen LogP contribution in [0, 0.1) is 0 Å². The van der Waals surface area contributed by atoms with Crippen LogP contribution in [0.15, 0.2) is 6.20 Å². The highest BCUT2D eigenvalue weighted by atomic mass is 19.4. The van der Waals surface area contributed by atoms with Crippen molar-refractivity contribution in [2.24, 2.45) is 7.05 Å². The van der Waals surface area contributed by atoms with Gasteiger partial charge in [-0.2, -0.15) is 18.2 Å². The van der Waals surface area contributed by atoms with Gasteiger partial charge in [0, 0.05) is 13.5 Å². The average molecular weight is 224 g/mol. The van der Waals surface area contributed by atoms with Crippen molar-refractivity contribution in [3.8, 4) is 5.88 Å². The van der Waals surface area contributed by atoms with E-state index in [-0.39, 0.29) is 18.9 Å². The molecule has 0 saturated heterocycles. The summed E-state index contributed by atoms with van der Waals surface area (Å²) in [7, 11) is 1.64. The van der Waals surface area contributed by atoms with Crippen LogP contribution in [0.1, 0.15) is 5.82 Å². The standard InChI is InChI=1S/C8H11F3N2O2/c1-13-4-7(14)12-6(13)2-3-15-5-8(9,10)11/h4,14H,2-3,5H2,1H3. The highest BCUT2D eigenvalue weighted by molar-refractivity contribution is 5.07. The second-order valence-corrected chi connectivity index (χ2v) is 3.04. The fourth-order valence-electron chi connectivity index (χ4n) is 1.07. The van der Waals surface area contributed by atoms with E-state index in [1.807, 2.05) is 0 Å². The number of imidazole rings is 1. The molecular formula is C8H11F3N2O2. The molecule has 0 aromatic carbocycles. The molecule has 0 fully saturated rings. The third-order valence-corrected chi connectivity index (χ3v) is 1.70. The molecule has 1 heterocycles. The van der Waals surface area contributed by atoms with Crippen LogP contribution >= 0.6 is 0 Å². The first-order valence-corrected chi connectivity index (χ1v) is 4.24. The SMILES string of the molecule is Cn1cc(O)nc1CCOCC(F)(F)F. The molecule has 0 aliphatic rings. The quantitative estimate of drug-likeness (QED) is 0.783. The highest BCUT2D eigenvalue weighted by Gasteiger charge is 2.27. The molecule has 1 N–H and O–H groups in total. The number of ether oxygens (including phenoxy) is 1. The van der Waals surface area contributed by atoms with E-state index in [0.717, 1.165) is 0 Å². The Morgan fingerprint density at radius 3 is 2.67 bits per heavy atom. The van der Waals surface area contributed by atoms with Crippen LogP contribution in [0.3, 0.4) is 0 Å². The number of nitrogens with zero attached hydrogens (tertiary/aromatic N) is 2. The van der Waals surface area contributed by atoms with Gasteiger partial charge in [0.15, 0.2) is 0 Å². The van der Waals surface area contributed by atoms with Crippen molar-refractivity contribution in [1.82, 2.24) is 9.55 Å². The number of aromatic nitrogens is 2. The molecule has 86 valence electrons. The lowest BCUT2D eigenvalue weighted by Crippen LogP contribution is -2.18. The van der Waals surface area contributed by atoms with Crippen LogP contribution in [0.2, 0.25) is 0 Å². The maximum Gasteiger partial charge on any atom is 0.411 e. The van der Waals surface area contributed by atoms with Crippen LogP contribution in [0.5, 0.6) is 5.88 Å². The summed E-state index contributed by atoms with van der Waals surface area (Å²) in [5.41, 5.74) is 0. The largest absolute Gasteiger partial charge is 0.492 e. The molecule has 0 saturated carbocycles. The minimum Gasteiger partial charge on any atom is -0.492 e. The lowest BCUT2D eigenvalue weighted by Gasteiger charge is -2.07. The maximum absolute atomic E-state index is 11.7. The van der Waals surface area contributed by atoms with Crippen LogP contribution in [-0.4, -0.2) is 34.0 Å². The molecule has 1 aromatic heterocycles. The molecule has 0 unspecified atom stereocenters. The molecule has 4 nitrogen and oxygen atoms in total. The van der Waals surface area contributed by atoms with Gasteiger partial charge in [0.25, 0.3) is 0 Å². The van der Waals surface area contributed by atoms with E-state index < -0.39 is 12.8 Å². The Labute approximate surface area is 84.3 Å². The van der Waals surface area contributed by atoms with E-state index in [1.165, 1.54) is 10.8 Å². The second-order valence-electron chi connectivity index (χ2n) is 3.04. The zero-order valence-corrected chi connectivity index (χ0v) is 8.08.